The number of nitrogens with two attached hydrogens (primary N) is 1. The Bertz CT molecular complexity index is 1120. The van der Waals surface area contributed by atoms with Crippen LogP contribution in [0.5, 0.6) is 0 Å². The van der Waals surface area contributed by atoms with Crippen molar-refractivity contribution in [3.63, 3.8) is 0 Å². The first-order valence-electron chi connectivity index (χ1n) is 8.29. The van der Waals surface area contributed by atoms with Gasteiger partial charge >= 0.3 is 0 Å². The second kappa shape index (κ2) is 6.55. The van der Waals surface area contributed by atoms with Gasteiger partial charge in [-0.15, -0.1) is 0 Å². The van der Waals surface area contributed by atoms with Crippen LogP contribution < -0.4 is 10.5 Å². The number of nitrogens with one attached hydrogen (secondary N) is 1. The Morgan fingerprint density at radius 3 is 2.67 bits per heavy atom. The van der Waals surface area contributed by atoms with Gasteiger partial charge in [-0.3, -0.25) is 0 Å². The van der Waals surface area contributed by atoms with Crippen LogP contribution in [0.15, 0.2) is 29.3 Å². The maximum atomic E-state index is 12.6. The number of rotatable bonds is 5. The molecule has 0 bridgehead atoms. The molecular weight excluding hydrogens is 368 g/mol. The summed E-state index contributed by atoms with van der Waals surface area (Å²) in [5.74, 6) is 0.731. The first-order chi connectivity index (χ1) is 12.5. The maximum Gasteiger partial charge on any atom is 0.240 e. The van der Waals surface area contributed by atoms with Gasteiger partial charge < -0.3 is 10.8 Å². The molecule has 0 saturated carbocycles. The molecule has 0 amide bonds. The number of aryl methyl sites for hydroxylation is 2. The summed E-state index contributed by atoms with van der Waals surface area (Å²) in [5, 5.41) is 14.1. The molecule has 3 rings (SSSR count). The predicted molar refractivity (Wildman–Crippen MR) is 102 cm³/mol. The van der Waals surface area contributed by atoms with Crippen LogP contribution in [0.3, 0.4) is 0 Å². The van der Waals surface area contributed by atoms with Gasteiger partial charge in [0.25, 0.3) is 0 Å². The Morgan fingerprint density at radius 2 is 2.00 bits per heavy atom. The lowest BCUT2D eigenvalue weighted by atomic mass is 10.1. The first-order valence-corrected chi connectivity index (χ1v) is 9.77. The van der Waals surface area contributed by atoms with E-state index in [1.807, 2.05) is 6.92 Å². The van der Waals surface area contributed by atoms with Gasteiger partial charge in [-0.2, -0.15) is 5.10 Å². The van der Waals surface area contributed by atoms with E-state index in [1.54, 1.807) is 29.8 Å². The summed E-state index contributed by atoms with van der Waals surface area (Å²) in [4.78, 5) is 8.43. The van der Waals surface area contributed by atoms with Crippen LogP contribution in [0.25, 0.3) is 16.9 Å². The molecule has 3 aromatic rings. The van der Waals surface area contributed by atoms with E-state index in [2.05, 4.69) is 19.8 Å². The summed E-state index contributed by atoms with van der Waals surface area (Å²) in [7, 11) is -3.79. The number of nitrogen functional groups attached to an aromatic ring is 1. The van der Waals surface area contributed by atoms with Crippen molar-refractivity contribution in [1.29, 1.82) is 0 Å². The summed E-state index contributed by atoms with van der Waals surface area (Å²) in [6.45, 7) is 6.54. The summed E-state index contributed by atoms with van der Waals surface area (Å²) < 4.78 is 29.2. The summed E-state index contributed by atoms with van der Waals surface area (Å²) >= 11 is 0. The van der Waals surface area contributed by atoms with Gasteiger partial charge in [-0.05, 0) is 45.4 Å². The number of benzene rings is 1. The highest BCUT2D eigenvalue weighted by atomic mass is 32.2. The molecule has 0 spiro atoms. The number of anilines is 1. The lowest BCUT2D eigenvalue weighted by Gasteiger charge is -2.18. The molecule has 10 heteroatoms. The largest absolute Gasteiger partial charge is 0.389 e. The summed E-state index contributed by atoms with van der Waals surface area (Å²) in [6.07, 6.45) is 1.59. The standard InChI is InChI=1S/C17H22N6O3S/c1-10-5-6-12(27(25,26)20-9-17(3,4)24)7-13(10)14-8-19-16-15(18)21-11(2)22-23(14)16/h5-8,20,24H,9H2,1-4H3,(H2,18,21,22). The normalized spacial score (nSPS) is 12.6. The van der Waals surface area contributed by atoms with E-state index in [-0.39, 0.29) is 17.3 Å². The van der Waals surface area contributed by atoms with Crippen LogP contribution in [-0.4, -0.2) is 45.3 Å². The van der Waals surface area contributed by atoms with Crippen molar-refractivity contribution in [3.8, 4) is 11.3 Å². The zero-order valence-corrected chi connectivity index (χ0v) is 16.4. The van der Waals surface area contributed by atoms with E-state index in [0.717, 1.165) is 5.56 Å². The lowest BCUT2D eigenvalue weighted by Crippen LogP contribution is -2.38. The fourth-order valence-electron chi connectivity index (χ4n) is 2.60. The maximum absolute atomic E-state index is 12.6. The van der Waals surface area contributed by atoms with Crippen molar-refractivity contribution in [2.75, 3.05) is 12.3 Å². The van der Waals surface area contributed by atoms with E-state index in [0.29, 0.717) is 22.7 Å². The minimum atomic E-state index is -3.79. The average Bonchev–Trinajstić information content (AvgIpc) is 2.96. The molecule has 2 aromatic heterocycles. The molecule has 4 N–H and O–H groups in total. The van der Waals surface area contributed by atoms with Gasteiger partial charge in [0, 0.05) is 12.1 Å². The van der Waals surface area contributed by atoms with Crippen LogP contribution >= 0.6 is 0 Å². The van der Waals surface area contributed by atoms with E-state index < -0.39 is 15.6 Å². The molecule has 27 heavy (non-hydrogen) atoms. The highest BCUT2D eigenvalue weighted by molar-refractivity contribution is 7.89. The van der Waals surface area contributed by atoms with Gasteiger partial charge in [0.1, 0.15) is 5.82 Å². The van der Waals surface area contributed by atoms with E-state index in [4.69, 9.17) is 5.73 Å². The Morgan fingerprint density at radius 1 is 1.30 bits per heavy atom. The SMILES string of the molecule is Cc1nc(N)c2ncc(-c3cc(S(=O)(=O)NCC(C)(C)O)ccc3C)n2n1. The predicted octanol–water partition coefficient (Wildman–Crippen LogP) is 1.04. The third kappa shape index (κ3) is 3.92. The molecule has 2 heterocycles. The Labute approximate surface area is 157 Å². The van der Waals surface area contributed by atoms with Crippen LogP contribution in [0.4, 0.5) is 5.82 Å². The molecule has 0 fully saturated rings. The van der Waals surface area contributed by atoms with E-state index in [9.17, 15) is 13.5 Å². The topological polar surface area (TPSA) is 136 Å². The second-order valence-electron chi connectivity index (χ2n) is 7.04. The minimum Gasteiger partial charge on any atom is -0.389 e. The third-order valence-corrected chi connectivity index (χ3v) is 5.38. The van der Waals surface area contributed by atoms with Crippen LogP contribution in [0.1, 0.15) is 25.2 Å². The van der Waals surface area contributed by atoms with Crippen LogP contribution in [0, 0.1) is 13.8 Å². The molecule has 9 nitrogen and oxygen atoms in total. The summed E-state index contributed by atoms with van der Waals surface area (Å²) in [6, 6.07) is 4.78. The van der Waals surface area contributed by atoms with Gasteiger partial charge in [0.2, 0.25) is 10.0 Å². The van der Waals surface area contributed by atoms with Crippen molar-refractivity contribution in [2.45, 2.75) is 38.2 Å². The van der Waals surface area contributed by atoms with Crippen LogP contribution in [-0.2, 0) is 10.0 Å². The van der Waals surface area contributed by atoms with E-state index in [1.165, 1.54) is 19.9 Å². The lowest BCUT2D eigenvalue weighted by molar-refractivity contribution is 0.0857. The number of aliphatic hydroxyl groups is 1. The molecule has 0 radical (unpaired) electrons. The van der Waals surface area contributed by atoms with Crippen molar-refractivity contribution in [1.82, 2.24) is 24.3 Å². The van der Waals surface area contributed by atoms with Gasteiger partial charge in [0.15, 0.2) is 11.5 Å². The summed E-state index contributed by atoms with van der Waals surface area (Å²) in [5.41, 5.74) is 7.27. The first kappa shape index (κ1) is 19.2. The smallest absolute Gasteiger partial charge is 0.240 e. The van der Waals surface area contributed by atoms with Crippen molar-refractivity contribution < 1.29 is 13.5 Å². The molecule has 0 aliphatic rings. The quantitative estimate of drug-likeness (QED) is 0.592. The van der Waals surface area contributed by atoms with Crippen molar-refractivity contribution in [2.24, 2.45) is 0 Å². The van der Waals surface area contributed by atoms with E-state index >= 15 is 0 Å². The number of sulfonamides is 1. The molecule has 0 atom stereocenters. The number of hydrogen-bond donors (Lipinski definition) is 3. The van der Waals surface area contributed by atoms with Crippen molar-refractivity contribution in [3.05, 3.63) is 35.8 Å². The average molecular weight is 390 g/mol. The second-order valence-corrected chi connectivity index (χ2v) is 8.80. The molecule has 1 aromatic carbocycles. The fraction of sp³-hybridized carbons (Fsp3) is 0.353. The number of aromatic nitrogens is 4. The molecule has 0 saturated heterocycles. The molecule has 0 aliphatic heterocycles. The van der Waals surface area contributed by atoms with Gasteiger partial charge in [-0.25, -0.2) is 27.6 Å². The molecule has 0 aliphatic carbocycles. The number of imidazole rings is 1. The van der Waals surface area contributed by atoms with Crippen molar-refractivity contribution >= 4 is 21.5 Å². The fourth-order valence-corrected chi connectivity index (χ4v) is 3.83. The Balaban J connectivity index is 2.10. The molecule has 0 unspecified atom stereocenters. The Kier molecular flexibility index (Phi) is 4.66. The number of hydrogen-bond acceptors (Lipinski definition) is 7. The van der Waals surface area contributed by atoms with Gasteiger partial charge in [0.05, 0.1) is 22.4 Å². The third-order valence-electron chi connectivity index (χ3n) is 3.98. The highest BCUT2D eigenvalue weighted by Crippen LogP contribution is 2.27. The highest BCUT2D eigenvalue weighted by Gasteiger charge is 2.21. The number of fused-ring (bicyclic) bond motifs is 1. The zero-order chi connectivity index (χ0) is 20.0. The van der Waals surface area contributed by atoms with Gasteiger partial charge in [-0.1, -0.05) is 6.07 Å². The zero-order valence-electron chi connectivity index (χ0n) is 15.6. The molecule has 144 valence electrons. The number of nitrogens with zero attached hydrogens (tertiary/aromatic N) is 4. The Hall–Kier alpha value is -2.56. The minimum absolute atomic E-state index is 0.0843. The molecular formula is C17H22N6O3S. The van der Waals surface area contributed by atoms with Crippen LogP contribution in [0.2, 0.25) is 0 Å². The monoisotopic (exact) mass is 390 g/mol.